The Morgan fingerprint density at radius 3 is 2.46 bits per heavy atom. The summed E-state index contributed by atoms with van der Waals surface area (Å²) >= 11 is 0. The molecule has 5 rings (SSSR count). The third kappa shape index (κ3) is 5.50. The van der Waals surface area contributed by atoms with Crippen molar-refractivity contribution in [2.45, 2.75) is 64.2 Å². The van der Waals surface area contributed by atoms with Crippen LogP contribution in [0.15, 0.2) is 65.2 Å². The van der Waals surface area contributed by atoms with E-state index in [9.17, 15) is 9.59 Å². The summed E-state index contributed by atoms with van der Waals surface area (Å²) in [7, 11) is 0. The zero-order valence-electron chi connectivity index (χ0n) is 21.5. The average molecular weight is 499 g/mol. The number of ketones is 1. The molecule has 2 aromatic carbocycles. The van der Waals surface area contributed by atoms with E-state index >= 15 is 0 Å². The molecule has 0 spiro atoms. The Kier molecular flexibility index (Phi) is 7.49. The highest BCUT2D eigenvalue weighted by molar-refractivity contribution is 6.07. The van der Waals surface area contributed by atoms with Crippen molar-refractivity contribution < 1.29 is 14.0 Å². The fraction of sp³-hybridized carbons (Fsp3) is 0.400. The molecule has 1 N–H and O–H groups in total. The summed E-state index contributed by atoms with van der Waals surface area (Å²) in [6.07, 6.45) is 6.54. The maximum absolute atomic E-state index is 13.0. The van der Waals surface area contributed by atoms with Gasteiger partial charge in [-0.1, -0.05) is 50.2 Å². The highest BCUT2D eigenvalue weighted by atomic mass is 16.4. The predicted molar refractivity (Wildman–Crippen MR) is 143 cm³/mol. The Balaban J connectivity index is 1.11. The molecule has 2 heterocycles. The highest BCUT2D eigenvalue weighted by Crippen LogP contribution is 2.36. The first-order valence-corrected chi connectivity index (χ1v) is 13.3. The number of Topliss-reactive ketones (excluding diaryl/α,β-unsaturated/α-hetero) is 1. The predicted octanol–water partition coefficient (Wildman–Crippen LogP) is 6.19. The molecule has 2 aromatic heterocycles. The minimum atomic E-state index is -0.112. The van der Waals surface area contributed by atoms with Gasteiger partial charge in [0.25, 0.3) is 5.91 Å². The topological polar surface area (TPSA) is 90.0 Å². The lowest BCUT2D eigenvalue weighted by molar-refractivity contribution is -0.124. The summed E-state index contributed by atoms with van der Waals surface area (Å²) in [6, 6.07) is 17.9. The first kappa shape index (κ1) is 24.9. The highest BCUT2D eigenvalue weighted by Gasteiger charge is 2.29. The average Bonchev–Trinajstić information content (AvgIpc) is 3.58. The van der Waals surface area contributed by atoms with E-state index in [1.165, 1.54) is 0 Å². The van der Waals surface area contributed by atoms with E-state index < -0.39 is 0 Å². The molecule has 0 aliphatic heterocycles. The number of hydrogen-bond donors (Lipinski definition) is 1. The second kappa shape index (κ2) is 11.1. The number of rotatable bonds is 9. The van der Waals surface area contributed by atoms with Gasteiger partial charge in [-0.05, 0) is 50.3 Å². The van der Waals surface area contributed by atoms with E-state index in [1.54, 1.807) is 0 Å². The van der Waals surface area contributed by atoms with Crippen molar-refractivity contribution in [3.63, 3.8) is 0 Å². The van der Waals surface area contributed by atoms with Crippen molar-refractivity contribution in [3.8, 4) is 5.69 Å². The molecule has 37 heavy (non-hydrogen) atoms. The summed E-state index contributed by atoms with van der Waals surface area (Å²) < 4.78 is 7.87. The fourth-order valence-electron chi connectivity index (χ4n) is 5.23. The van der Waals surface area contributed by atoms with Gasteiger partial charge in [-0.15, -0.1) is 10.2 Å². The minimum absolute atomic E-state index is 0.0864. The summed E-state index contributed by atoms with van der Waals surface area (Å²) in [5, 5.41) is 12.3. The fourth-order valence-corrected chi connectivity index (χ4v) is 5.23. The van der Waals surface area contributed by atoms with Crippen molar-refractivity contribution in [2.24, 2.45) is 5.92 Å². The number of nitrogens with zero attached hydrogens (tertiary/aromatic N) is 3. The van der Waals surface area contributed by atoms with Gasteiger partial charge in [0.15, 0.2) is 0 Å². The first-order valence-electron chi connectivity index (χ1n) is 13.3. The molecule has 0 unspecified atom stereocenters. The van der Waals surface area contributed by atoms with E-state index in [0.717, 1.165) is 42.3 Å². The third-order valence-electron chi connectivity index (χ3n) is 7.36. The Morgan fingerprint density at radius 1 is 1.00 bits per heavy atom. The smallest absolute Gasteiger partial charge is 0.253 e. The lowest BCUT2D eigenvalue weighted by Gasteiger charge is -2.25. The van der Waals surface area contributed by atoms with Crippen LogP contribution < -0.4 is 5.32 Å². The van der Waals surface area contributed by atoms with Gasteiger partial charge in [-0.3, -0.25) is 9.59 Å². The van der Waals surface area contributed by atoms with Gasteiger partial charge in [0.1, 0.15) is 5.78 Å². The number of fused-ring (bicyclic) bond motifs is 1. The number of benzene rings is 2. The molecule has 0 bridgehead atoms. The quantitative estimate of drug-likeness (QED) is 0.278. The second-order valence-corrected chi connectivity index (χ2v) is 10.3. The van der Waals surface area contributed by atoms with Crippen LogP contribution in [0.5, 0.6) is 0 Å². The zero-order valence-corrected chi connectivity index (χ0v) is 21.5. The van der Waals surface area contributed by atoms with E-state index in [-0.39, 0.29) is 23.7 Å². The van der Waals surface area contributed by atoms with E-state index in [0.29, 0.717) is 42.5 Å². The Labute approximate surface area is 217 Å². The van der Waals surface area contributed by atoms with Crippen LogP contribution in [0.1, 0.15) is 86.3 Å². The number of nitrogens with one attached hydrogen (secondary N) is 1. The van der Waals surface area contributed by atoms with Crippen molar-refractivity contribution in [3.05, 3.63) is 78.1 Å². The number of para-hydroxylation sites is 2. The van der Waals surface area contributed by atoms with E-state index in [1.807, 2.05) is 79.2 Å². The minimum Gasteiger partial charge on any atom is -0.425 e. The molecule has 1 saturated carbocycles. The molecule has 1 aliphatic carbocycles. The number of carbonyl (C=O) groups excluding carboxylic acids is 2. The van der Waals surface area contributed by atoms with Crippen molar-refractivity contribution in [2.75, 3.05) is 6.54 Å². The van der Waals surface area contributed by atoms with Gasteiger partial charge >= 0.3 is 0 Å². The van der Waals surface area contributed by atoms with Crippen LogP contribution in [-0.2, 0) is 4.79 Å². The molecule has 0 radical (unpaired) electrons. The largest absolute Gasteiger partial charge is 0.425 e. The van der Waals surface area contributed by atoms with Crippen molar-refractivity contribution >= 4 is 22.6 Å². The molecule has 0 saturated heterocycles. The van der Waals surface area contributed by atoms with Gasteiger partial charge in [-0.2, -0.15) is 0 Å². The molecule has 192 valence electrons. The lowest BCUT2D eigenvalue weighted by atomic mass is 9.79. The van der Waals surface area contributed by atoms with Crippen LogP contribution in [-0.4, -0.2) is 33.0 Å². The molecule has 1 aliphatic rings. The van der Waals surface area contributed by atoms with E-state index in [2.05, 4.69) is 15.5 Å². The number of hydrogen-bond acceptors (Lipinski definition) is 5. The third-order valence-corrected chi connectivity index (χ3v) is 7.36. The summed E-state index contributed by atoms with van der Waals surface area (Å²) in [5.74, 6) is 2.14. The van der Waals surface area contributed by atoms with Crippen LogP contribution in [0.25, 0.3) is 16.6 Å². The van der Waals surface area contributed by atoms with Gasteiger partial charge in [-0.25, -0.2) is 0 Å². The Morgan fingerprint density at radius 2 is 1.73 bits per heavy atom. The van der Waals surface area contributed by atoms with Gasteiger partial charge in [0.05, 0.1) is 11.1 Å². The Bertz CT molecular complexity index is 1360. The van der Waals surface area contributed by atoms with Crippen LogP contribution in [0.4, 0.5) is 0 Å². The molecule has 7 heteroatoms. The second-order valence-electron chi connectivity index (χ2n) is 10.3. The molecular formula is C30H34N4O3. The molecule has 4 aromatic rings. The molecule has 0 atom stereocenters. The summed E-state index contributed by atoms with van der Waals surface area (Å²) in [5.41, 5.74) is 2.65. The standard InChI is InChI=1S/C30H34N4O3/c1-20(2)29-32-33-30(37-29)22-16-14-21(15-17-22)27(35)13-8-18-31-28(36)25-19-34(23-9-4-3-5-10-23)26-12-7-6-11-24(25)26/h3-7,9-12,19-22H,8,13-18H2,1-2H3,(H,31,36). The van der Waals surface area contributed by atoms with E-state index in [4.69, 9.17) is 4.42 Å². The van der Waals surface area contributed by atoms with Crippen LogP contribution in [0.3, 0.4) is 0 Å². The van der Waals surface area contributed by atoms with Crippen molar-refractivity contribution in [1.82, 2.24) is 20.1 Å². The van der Waals surface area contributed by atoms with Gasteiger partial charge in [0.2, 0.25) is 11.8 Å². The van der Waals surface area contributed by atoms with Crippen LogP contribution >= 0.6 is 0 Å². The number of amides is 1. The maximum atomic E-state index is 13.0. The van der Waals surface area contributed by atoms with Crippen LogP contribution in [0, 0.1) is 5.92 Å². The number of aromatic nitrogens is 3. The summed E-state index contributed by atoms with van der Waals surface area (Å²) in [4.78, 5) is 25.9. The molecule has 7 nitrogen and oxygen atoms in total. The van der Waals surface area contributed by atoms with Crippen molar-refractivity contribution in [1.29, 1.82) is 0 Å². The monoisotopic (exact) mass is 498 g/mol. The van der Waals surface area contributed by atoms with Crippen LogP contribution in [0.2, 0.25) is 0 Å². The lowest BCUT2D eigenvalue weighted by Crippen LogP contribution is -2.26. The molecule has 1 fully saturated rings. The molecule has 1 amide bonds. The zero-order chi connectivity index (χ0) is 25.8. The number of carbonyl (C=O) groups is 2. The van der Waals surface area contributed by atoms with Gasteiger partial charge in [0, 0.05) is 48.0 Å². The molecular weight excluding hydrogens is 464 g/mol. The SMILES string of the molecule is CC(C)c1nnc(C2CCC(C(=O)CCCNC(=O)c3cn(-c4ccccc4)c4ccccc34)CC2)o1. The maximum Gasteiger partial charge on any atom is 0.253 e. The Hall–Kier alpha value is -3.74. The first-order chi connectivity index (χ1) is 18.0. The van der Waals surface area contributed by atoms with Gasteiger partial charge < -0.3 is 14.3 Å². The normalized spacial score (nSPS) is 17.8. The summed E-state index contributed by atoms with van der Waals surface area (Å²) in [6.45, 7) is 4.56.